The fourth-order valence-corrected chi connectivity index (χ4v) is 1.61. The van der Waals surface area contributed by atoms with Crippen molar-refractivity contribution in [3.8, 4) is 0 Å². The van der Waals surface area contributed by atoms with Gasteiger partial charge in [-0.2, -0.15) is 0 Å². The summed E-state index contributed by atoms with van der Waals surface area (Å²) in [5.41, 5.74) is 7.80. The lowest BCUT2D eigenvalue weighted by molar-refractivity contribution is 0.100. The minimum Gasteiger partial charge on any atom is -0.383 e. The quantitative estimate of drug-likeness (QED) is 0.627. The Morgan fingerprint density at radius 2 is 2.06 bits per heavy atom. The highest BCUT2D eigenvalue weighted by atomic mass is 16.1. The number of benzene rings is 1. The van der Waals surface area contributed by atoms with E-state index in [4.69, 9.17) is 5.73 Å². The van der Waals surface area contributed by atoms with Gasteiger partial charge in [-0.25, -0.2) is 0 Å². The van der Waals surface area contributed by atoms with Gasteiger partial charge in [-0.3, -0.25) is 4.79 Å². The van der Waals surface area contributed by atoms with Crippen molar-refractivity contribution in [1.29, 1.82) is 0 Å². The molecule has 1 aromatic rings. The van der Waals surface area contributed by atoms with Crippen LogP contribution in [0.5, 0.6) is 0 Å². The van der Waals surface area contributed by atoms with Crippen molar-refractivity contribution in [3.05, 3.63) is 29.3 Å². The molecule has 0 radical (unpaired) electrons. The van der Waals surface area contributed by atoms with Crippen LogP contribution in [0.15, 0.2) is 18.2 Å². The van der Waals surface area contributed by atoms with Gasteiger partial charge in [-0.1, -0.05) is 13.0 Å². The number of nitrogens with two attached hydrogens (primary N) is 1. The highest BCUT2D eigenvalue weighted by Gasteiger charge is 2.07. The molecule has 0 heterocycles. The SMILES string of the molecule is CCCNCCNc1cc(C)ccc1C(N)=O. The van der Waals surface area contributed by atoms with Crippen LogP contribution in [0, 0.1) is 6.92 Å². The predicted octanol–water partition coefficient (Wildman–Crippen LogP) is 1.51. The molecule has 1 aromatic carbocycles. The first-order valence-corrected chi connectivity index (χ1v) is 6.00. The van der Waals surface area contributed by atoms with E-state index in [2.05, 4.69) is 17.6 Å². The molecule has 1 amide bonds. The summed E-state index contributed by atoms with van der Waals surface area (Å²) in [7, 11) is 0. The van der Waals surface area contributed by atoms with Crippen molar-refractivity contribution < 1.29 is 4.79 Å². The van der Waals surface area contributed by atoms with Crippen LogP contribution in [-0.4, -0.2) is 25.5 Å². The van der Waals surface area contributed by atoms with Crippen LogP contribution in [-0.2, 0) is 0 Å². The molecule has 0 aliphatic carbocycles. The van der Waals surface area contributed by atoms with E-state index in [0.29, 0.717) is 5.56 Å². The van der Waals surface area contributed by atoms with Gasteiger partial charge in [0.05, 0.1) is 5.56 Å². The molecule has 0 unspecified atom stereocenters. The number of nitrogens with one attached hydrogen (secondary N) is 2. The molecule has 17 heavy (non-hydrogen) atoms. The topological polar surface area (TPSA) is 67.2 Å². The Bertz CT molecular complexity index is 377. The van der Waals surface area contributed by atoms with Gasteiger partial charge in [0.15, 0.2) is 0 Å². The van der Waals surface area contributed by atoms with Crippen LogP contribution < -0.4 is 16.4 Å². The fraction of sp³-hybridized carbons (Fsp3) is 0.462. The van der Waals surface area contributed by atoms with E-state index >= 15 is 0 Å². The van der Waals surface area contributed by atoms with Gasteiger partial charge in [0.2, 0.25) is 0 Å². The lowest BCUT2D eigenvalue weighted by atomic mass is 10.1. The van der Waals surface area contributed by atoms with Gasteiger partial charge in [0, 0.05) is 18.8 Å². The second-order valence-electron chi connectivity index (χ2n) is 4.09. The highest BCUT2D eigenvalue weighted by molar-refractivity contribution is 5.98. The monoisotopic (exact) mass is 235 g/mol. The van der Waals surface area contributed by atoms with E-state index in [-0.39, 0.29) is 0 Å². The van der Waals surface area contributed by atoms with E-state index in [1.165, 1.54) is 0 Å². The van der Waals surface area contributed by atoms with Gasteiger partial charge in [-0.05, 0) is 37.6 Å². The van der Waals surface area contributed by atoms with Crippen molar-refractivity contribution >= 4 is 11.6 Å². The number of rotatable bonds is 7. The van der Waals surface area contributed by atoms with Gasteiger partial charge < -0.3 is 16.4 Å². The second-order valence-corrected chi connectivity index (χ2v) is 4.09. The Kier molecular flexibility index (Phi) is 5.49. The first kappa shape index (κ1) is 13.5. The Hall–Kier alpha value is -1.55. The van der Waals surface area contributed by atoms with Gasteiger partial charge in [0.1, 0.15) is 0 Å². The number of carbonyl (C=O) groups is 1. The van der Waals surface area contributed by atoms with Gasteiger partial charge in [0.25, 0.3) is 5.91 Å². The molecular weight excluding hydrogens is 214 g/mol. The largest absolute Gasteiger partial charge is 0.383 e. The molecule has 0 aliphatic rings. The summed E-state index contributed by atoms with van der Waals surface area (Å²) in [5, 5.41) is 6.52. The van der Waals surface area contributed by atoms with Gasteiger partial charge in [-0.15, -0.1) is 0 Å². The first-order chi connectivity index (χ1) is 8.15. The van der Waals surface area contributed by atoms with Crippen LogP contribution in [0.1, 0.15) is 29.3 Å². The molecule has 0 saturated carbocycles. The smallest absolute Gasteiger partial charge is 0.250 e. The molecule has 4 nitrogen and oxygen atoms in total. The summed E-state index contributed by atoms with van der Waals surface area (Å²) >= 11 is 0. The zero-order chi connectivity index (χ0) is 12.7. The Morgan fingerprint density at radius 1 is 1.29 bits per heavy atom. The molecular formula is C13H21N3O. The molecule has 0 fully saturated rings. The van der Waals surface area contributed by atoms with Crippen LogP contribution >= 0.6 is 0 Å². The summed E-state index contributed by atoms with van der Waals surface area (Å²) in [5.74, 6) is -0.394. The summed E-state index contributed by atoms with van der Waals surface area (Å²) in [6.45, 7) is 6.79. The summed E-state index contributed by atoms with van der Waals surface area (Å²) < 4.78 is 0. The lowest BCUT2D eigenvalue weighted by Gasteiger charge is -2.11. The average Bonchev–Trinajstić information content (AvgIpc) is 2.28. The third-order valence-electron chi connectivity index (χ3n) is 2.48. The molecule has 0 spiro atoms. The van der Waals surface area contributed by atoms with E-state index in [1.54, 1.807) is 6.07 Å². The molecule has 4 heteroatoms. The molecule has 0 atom stereocenters. The number of amides is 1. The van der Waals surface area contributed by atoms with Crippen molar-refractivity contribution in [1.82, 2.24) is 5.32 Å². The standard InChI is InChI=1S/C13H21N3O/c1-3-6-15-7-8-16-12-9-10(2)4-5-11(12)13(14)17/h4-5,9,15-16H,3,6-8H2,1-2H3,(H2,14,17). The summed E-state index contributed by atoms with van der Waals surface area (Å²) in [4.78, 5) is 11.2. The molecule has 4 N–H and O–H groups in total. The molecule has 0 saturated heterocycles. The van der Waals surface area contributed by atoms with E-state index < -0.39 is 5.91 Å². The van der Waals surface area contributed by atoms with Gasteiger partial charge >= 0.3 is 0 Å². The molecule has 0 aromatic heterocycles. The molecule has 1 rings (SSSR count). The normalized spacial score (nSPS) is 10.2. The summed E-state index contributed by atoms with van der Waals surface area (Å²) in [6, 6.07) is 5.60. The van der Waals surface area contributed by atoms with Crippen LogP contribution in [0.4, 0.5) is 5.69 Å². The number of anilines is 1. The Labute approximate surface area is 103 Å². The minimum absolute atomic E-state index is 0.394. The van der Waals surface area contributed by atoms with Crippen molar-refractivity contribution in [2.75, 3.05) is 25.0 Å². The van der Waals surface area contributed by atoms with Crippen LogP contribution in [0.3, 0.4) is 0 Å². The summed E-state index contributed by atoms with van der Waals surface area (Å²) in [6.07, 6.45) is 1.12. The minimum atomic E-state index is -0.394. The lowest BCUT2D eigenvalue weighted by Crippen LogP contribution is -2.24. The number of carbonyl (C=O) groups excluding carboxylic acids is 1. The third-order valence-corrected chi connectivity index (χ3v) is 2.48. The number of hydrogen-bond donors (Lipinski definition) is 3. The number of hydrogen-bond acceptors (Lipinski definition) is 3. The maximum absolute atomic E-state index is 11.2. The Balaban J connectivity index is 2.56. The van der Waals surface area contributed by atoms with E-state index in [0.717, 1.165) is 37.3 Å². The Morgan fingerprint density at radius 3 is 2.71 bits per heavy atom. The van der Waals surface area contributed by atoms with Crippen molar-refractivity contribution in [3.63, 3.8) is 0 Å². The van der Waals surface area contributed by atoms with Crippen LogP contribution in [0.2, 0.25) is 0 Å². The predicted molar refractivity (Wildman–Crippen MR) is 71.3 cm³/mol. The van der Waals surface area contributed by atoms with Crippen molar-refractivity contribution in [2.45, 2.75) is 20.3 Å². The fourth-order valence-electron chi connectivity index (χ4n) is 1.61. The third kappa shape index (κ3) is 4.44. The average molecular weight is 235 g/mol. The first-order valence-electron chi connectivity index (χ1n) is 6.00. The molecule has 0 aliphatic heterocycles. The zero-order valence-electron chi connectivity index (χ0n) is 10.5. The zero-order valence-corrected chi connectivity index (χ0v) is 10.5. The maximum Gasteiger partial charge on any atom is 0.250 e. The second kappa shape index (κ2) is 6.91. The molecule has 94 valence electrons. The van der Waals surface area contributed by atoms with E-state index in [9.17, 15) is 4.79 Å². The van der Waals surface area contributed by atoms with Crippen molar-refractivity contribution in [2.24, 2.45) is 5.73 Å². The molecule has 0 bridgehead atoms. The maximum atomic E-state index is 11.2. The highest BCUT2D eigenvalue weighted by Crippen LogP contribution is 2.16. The number of primary amides is 1. The van der Waals surface area contributed by atoms with E-state index in [1.807, 2.05) is 19.1 Å². The van der Waals surface area contributed by atoms with Crippen LogP contribution in [0.25, 0.3) is 0 Å². The number of aryl methyl sites for hydroxylation is 1.